The van der Waals surface area contributed by atoms with E-state index in [1.54, 1.807) is 51.2 Å². The van der Waals surface area contributed by atoms with E-state index in [0.29, 0.717) is 11.4 Å². The molecule has 7 nitrogen and oxygen atoms in total. The average Bonchev–Trinajstić information content (AvgIpc) is 2.78. The van der Waals surface area contributed by atoms with Crippen molar-refractivity contribution in [1.82, 2.24) is 5.32 Å². The van der Waals surface area contributed by atoms with Gasteiger partial charge in [-0.1, -0.05) is 11.6 Å². The van der Waals surface area contributed by atoms with E-state index < -0.39 is 11.4 Å². The fraction of sp³-hybridized carbons (Fsp3) is 0.273. The summed E-state index contributed by atoms with van der Waals surface area (Å²) >= 11 is 11.4. The van der Waals surface area contributed by atoms with Crippen molar-refractivity contribution in [3.05, 3.63) is 52.8 Å². The predicted molar refractivity (Wildman–Crippen MR) is 126 cm³/mol. The molecule has 2 aromatic carbocycles. The van der Waals surface area contributed by atoms with Crippen LogP contribution in [0.4, 0.5) is 15.8 Å². The molecule has 2 N–H and O–H groups in total. The molecule has 0 saturated heterocycles. The first-order valence-corrected chi connectivity index (χ1v) is 10.3. The SMILES string of the molecule is CNC(=O)CCOc1ccc(N(C(=S)Nc2ccc(C#N)c(Cl)c2F)C(C)(C)C=O)cc1. The number of nitrogens with zero attached hydrogens (tertiary/aromatic N) is 2. The molecule has 0 fully saturated rings. The maximum atomic E-state index is 14.6. The third kappa shape index (κ3) is 5.93. The third-order valence-corrected chi connectivity index (χ3v) is 5.14. The van der Waals surface area contributed by atoms with Gasteiger partial charge in [0, 0.05) is 12.7 Å². The van der Waals surface area contributed by atoms with Crippen LogP contribution in [0.5, 0.6) is 5.75 Å². The lowest BCUT2D eigenvalue weighted by atomic mass is 10.0. The summed E-state index contributed by atoms with van der Waals surface area (Å²) in [6, 6.07) is 11.3. The zero-order valence-corrected chi connectivity index (χ0v) is 19.3. The molecular weight excluding hydrogens is 455 g/mol. The number of carbonyl (C=O) groups is 2. The van der Waals surface area contributed by atoms with Gasteiger partial charge in [-0.25, -0.2) is 4.39 Å². The number of aldehydes is 1. The second kappa shape index (κ2) is 10.9. The molecule has 2 aromatic rings. The molecule has 168 valence electrons. The van der Waals surface area contributed by atoms with E-state index >= 15 is 0 Å². The van der Waals surface area contributed by atoms with Crippen molar-refractivity contribution in [2.75, 3.05) is 23.9 Å². The Kier molecular flexibility index (Phi) is 8.52. The largest absolute Gasteiger partial charge is 0.493 e. The summed E-state index contributed by atoms with van der Waals surface area (Å²) in [6.07, 6.45) is 0.937. The van der Waals surface area contributed by atoms with Crippen LogP contribution >= 0.6 is 23.8 Å². The van der Waals surface area contributed by atoms with Crippen LogP contribution in [0, 0.1) is 17.1 Å². The van der Waals surface area contributed by atoms with Gasteiger partial charge in [0.2, 0.25) is 5.91 Å². The maximum Gasteiger partial charge on any atom is 0.223 e. The fourth-order valence-electron chi connectivity index (χ4n) is 2.75. The van der Waals surface area contributed by atoms with Crippen LogP contribution in [0.25, 0.3) is 0 Å². The van der Waals surface area contributed by atoms with Crippen LogP contribution in [-0.2, 0) is 9.59 Å². The highest BCUT2D eigenvalue weighted by atomic mass is 35.5. The van der Waals surface area contributed by atoms with Gasteiger partial charge in [-0.15, -0.1) is 0 Å². The van der Waals surface area contributed by atoms with E-state index in [1.807, 2.05) is 0 Å². The number of halogens is 2. The second-order valence-electron chi connectivity index (χ2n) is 7.20. The van der Waals surface area contributed by atoms with Crippen LogP contribution < -0.4 is 20.3 Å². The van der Waals surface area contributed by atoms with Crippen molar-refractivity contribution in [1.29, 1.82) is 5.26 Å². The molecule has 0 saturated carbocycles. The average molecular weight is 477 g/mol. The standard InChI is InChI=1S/C22H22ClFN4O3S/c1-22(2,13-29)28(15-5-7-16(8-6-15)31-11-10-18(30)26-3)21(32)27-17-9-4-14(12-25)19(23)20(17)24/h4-9,13H,10-11H2,1-3H3,(H,26,30)(H,27,32). The normalized spacial score (nSPS) is 10.6. The van der Waals surface area contributed by atoms with E-state index in [-0.39, 0.29) is 40.3 Å². The van der Waals surface area contributed by atoms with Crippen LogP contribution in [-0.4, -0.2) is 36.5 Å². The van der Waals surface area contributed by atoms with E-state index in [4.69, 9.17) is 33.8 Å². The first-order valence-electron chi connectivity index (χ1n) is 9.53. The molecule has 0 aromatic heterocycles. The van der Waals surface area contributed by atoms with Gasteiger partial charge >= 0.3 is 0 Å². The van der Waals surface area contributed by atoms with Crippen molar-refractivity contribution in [3.63, 3.8) is 0 Å². The number of thiocarbonyl (C=S) groups is 1. The van der Waals surface area contributed by atoms with Crippen molar-refractivity contribution >= 4 is 52.5 Å². The summed E-state index contributed by atoms with van der Waals surface area (Å²) < 4.78 is 20.1. The van der Waals surface area contributed by atoms with Gasteiger partial charge in [0.15, 0.2) is 10.9 Å². The number of benzene rings is 2. The smallest absolute Gasteiger partial charge is 0.223 e. The predicted octanol–water partition coefficient (Wildman–Crippen LogP) is 4.05. The summed E-state index contributed by atoms with van der Waals surface area (Å²) in [6.45, 7) is 3.52. The molecule has 0 atom stereocenters. The van der Waals surface area contributed by atoms with Gasteiger partial charge < -0.3 is 25.1 Å². The highest BCUT2D eigenvalue weighted by molar-refractivity contribution is 7.80. The Labute approximate surface area is 196 Å². The van der Waals surface area contributed by atoms with Gasteiger partial charge in [0.1, 0.15) is 18.1 Å². The minimum atomic E-state index is -1.07. The zero-order valence-electron chi connectivity index (χ0n) is 17.7. The van der Waals surface area contributed by atoms with E-state index in [0.717, 1.165) is 6.29 Å². The number of nitriles is 1. The lowest BCUT2D eigenvalue weighted by Gasteiger charge is -2.36. The quantitative estimate of drug-likeness (QED) is 0.438. The minimum absolute atomic E-state index is 0.00211. The number of hydrogen-bond acceptors (Lipinski definition) is 5. The van der Waals surface area contributed by atoms with Crippen molar-refractivity contribution in [2.24, 2.45) is 0 Å². The van der Waals surface area contributed by atoms with Gasteiger partial charge in [-0.3, -0.25) is 4.79 Å². The van der Waals surface area contributed by atoms with E-state index in [2.05, 4.69) is 10.6 Å². The maximum absolute atomic E-state index is 14.6. The van der Waals surface area contributed by atoms with Crippen molar-refractivity contribution < 1.29 is 18.7 Å². The van der Waals surface area contributed by atoms with Crippen LogP contribution in [0.15, 0.2) is 36.4 Å². The van der Waals surface area contributed by atoms with Crippen molar-refractivity contribution in [2.45, 2.75) is 25.8 Å². The summed E-state index contributed by atoms with van der Waals surface area (Å²) in [5.74, 6) is -0.422. The molecule has 0 spiro atoms. The van der Waals surface area contributed by atoms with Gasteiger partial charge in [0.05, 0.1) is 34.8 Å². The molecule has 2 rings (SSSR count). The molecule has 32 heavy (non-hydrogen) atoms. The number of anilines is 2. The highest BCUT2D eigenvalue weighted by Gasteiger charge is 2.30. The molecular formula is C22H22ClFN4O3S. The van der Waals surface area contributed by atoms with Gasteiger partial charge in [0.25, 0.3) is 0 Å². The molecule has 0 unspecified atom stereocenters. The van der Waals surface area contributed by atoms with Gasteiger partial charge in [-0.2, -0.15) is 5.26 Å². The fourth-order valence-corrected chi connectivity index (χ4v) is 3.40. The summed E-state index contributed by atoms with van der Waals surface area (Å²) in [5, 5.41) is 14.0. The molecule has 1 amide bonds. The number of carbonyl (C=O) groups excluding carboxylic acids is 2. The molecule has 0 heterocycles. The Bertz CT molecular complexity index is 1050. The lowest BCUT2D eigenvalue weighted by Crippen LogP contribution is -2.51. The van der Waals surface area contributed by atoms with Crippen molar-refractivity contribution in [3.8, 4) is 11.8 Å². The Morgan fingerprint density at radius 1 is 1.31 bits per heavy atom. The number of hydrogen-bond donors (Lipinski definition) is 2. The summed E-state index contributed by atoms with van der Waals surface area (Å²) in [4.78, 5) is 24.6. The van der Waals surface area contributed by atoms with Crippen LogP contribution in [0.3, 0.4) is 0 Å². The molecule has 0 bridgehead atoms. The number of rotatable bonds is 8. The number of nitrogens with one attached hydrogen (secondary N) is 2. The van der Waals surface area contributed by atoms with E-state index in [1.165, 1.54) is 17.0 Å². The Balaban J connectivity index is 2.26. The summed E-state index contributed by atoms with van der Waals surface area (Å²) in [5.41, 5.74) is -0.547. The first kappa shape index (κ1) is 25.0. The highest BCUT2D eigenvalue weighted by Crippen LogP contribution is 2.29. The number of ether oxygens (including phenoxy) is 1. The monoisotopic (exact) mass is 476 g/mol. The van der Waals surface area contributed by atoms with Crippen LogP contribution in [0.1, 0.15) is 25.8 Å². The zero-order chi connectivity index (χ0) is 23.9. The Morgan fingerprint density at radius 3 is 2.53 bits per heavy atom. The number of amides is 1. The molecule has 0 aliphatic heterocycles. The molecule has 0 aliphatic rings. The third-order valence-electron chi connectivity index (χ3n) is 4.48. The van der Waals surface area contributed by atoms with Gasteiger partial charge in [-0.05, 0) is 62.5 Å². The first-order chi connectivity index (χ1) is 15.1. The Morgan fingerprint density at radius 2 is 1.97 bits per heavy atom. The minimum Gasteiger partial charge on any atom is -0.493 e. The molecule has 0 aliphatic carbocycles. The lowest BCUT2D eigenvalue weighted by molar-refractivity contribution is -0.121. The van der Waals surface area contributed by atoms with Crippen LogP contribution in [0.2, 0.25) is 5.02 Å². The second-order valence-corrected chi connectivity index (χ2v) is 7.97. The molecule has 10 heteroatoms. The van der Waals surface area contributed by atoms with E-state index in [9.17, 15) is 14.0 Å². The summed E-state index contributed by atoms with van der Waals surface area (Å²) in [7, 11) is 1.55. The Hall–Kier alpha value is -3.22. The molecule has 0 radical (unpaired) electrons. The topological polar surface area (TPSA) is 94.5 Å².